The fourth-order valence-corrected chi connectivity index (χ4v) is 11.3. The zero-order valence-corrected chi connectivity index (χ0v) is 57.9. The quantitative estimate of drug-likeness (QED) is 0.0153. The van der Waals surface area contributed by atoms with E-state index < -0.39 is 243 Å². The van der Waals surface area contributed by atoms with E-state index in [-0.39, 0.29) is 89.9 Å². The summed E-state index contributed by atoms with van der Waals surface area (Å²) in [6.07, 6.45) is -3.13. The van der Waals surface area contributed by atoms with Gasteiger partial charge in [-0.15, -0.1) is 0 Å². The zero-order valence-electron chi connectivity index (χ0n) is 57.9. The first-order chi connectivity index (χ1) is 48.6. The summed E-state index contributed by atoms with van der Waals surface area (Å²) in [5, 5.41) is 108. The second-order valence-corrected chi connectivity index (χ2v) is 25.4. The molecule has 3 rings (SSSR count). The maximum absolute atomic E-state index is 14.6. The molecule has 15 atom stereocenters. The van der Waals surface area contributed by atoms with Crippen molar-refractivity contribution in [2.75, 3.05) is 59.2 Å². The molecule has 26 N–H and O–H groups in total. The van der Waals surface area contributed by atoms with Gasteiger partial charge in [0, 0.05) is 32.5 Å². The standard InChI is InChI=1S/C61H102N18O24/c1-29(2)45(76-47(89)32-12-7-21-65-32)56(98)73-39(27-82)52(94)68-33(13-8-22-66-61(63)64)48(90)69-34(16-18-43(85)86)49(91)70-35(17-19-44(87)88)50(92)71-36(11-5-6-20-62)59(101)79-24-10-15-42(79)55(97)77-46(31(4)84)57(99)74-37(25-80)51(93)67-30(3)58(100)78-23-9-14-41(78)54(96)72-38(26-81)53(95)75-40(28-83)60(102)103/h29-42,45-46,65,80-84H,5-28,62H2,1-4H3,(H,67,93)(H,68,94)(H,69,90)(H,70,91)(H,71,92)(H,72,96)(H,73,98)(H,74,99)(H,75,95)(H,76,89)(H,77,97)(H,85,86)(H,87,88)(H,102,103)(H4,63,64,66)/t30-,31+,32-,33-,34-,35-,36-,37-,38-,39-,40-,41-,42-,45-,46-/m0/s1. The molecule has 0 aromatic rings. The number of nitrogens with two attached hydrogens (primary N) is 3. The van der Waals surface area contributed by atoms with Crippen molar-refractivity contribution in [2.45, 2.75) is 215 Å². The molecule has 0 aromatic heterocycles. The molecule has 103 heavy (non-hydrogen) atoms. The number of amides is 13. The van der Waals surface area contributed by atoms with Crippen molar-refractivity contribution < 1.29 is 118 Å². The maximum atomic E-state index is 14.6. The molecule has 0 saturated carbocycles. The number of guanidine groups is 1. The Morgan fingerprint density at radius 3 is 1.30 bits per heavy atom. The first-order valence-electron chi connectivity index (χ1n) is 33.9. The SMILES string of the molecule is CC(C)[C@H](NC(=O)[C@@H]1CCCN1)C(=O)N[C@@H](CO)C(=O)N[C@@H](CCCN=C(N)N)C(=O)N[C@@H](CCC(=O)O)C(=O)N[C@@H](CCC(=O)O)C(=O)N[C@@H](CCCCN)C(=O)N1CCC[C@H]1C(=O)N[C@H](C(=O)N[C@@H](CO)C(=O)N[C@@H](C)C(=O)N1CCC[C@H]1C(=O)N[C@@H](CO)C(=O)N[C@@H](CO)C(=O)O)[C@@H](C)O. The fourth-order valence-electron chi connectivity index (χ4n) is 11.3. The van der Waals surface area contributed by atoms with Crippen LogP contribution in [0.3, 0.4) is 0 Å². The van der Waals surface area contributed by atoms with E-state index in [9.17, 15) is 112 Å². The summed E-state index contributed by atoms with van der Waals surface area (Å²) in [4.78, 5) is 220. The minimum absolute atomic E-state index is 0.0329. The van der Waals surface area contributed by atoms with Gasteiger partial charge in [0.1, 0.15) is 78.5 Å². The number of aliphatic hydroxyl groups excluding tert-OH is 5. The number of nitrogens with one attached hydrogen (secondary N) is 12. The topological polar surface area (TPSA) is 676 Å². The van der Waals surface area contributed by atoms with Gasteiger partial charge in [0.25, 0.3) is 0 Å². The highest BCUT2D eigenvalue weighted by atomic mass is 16.4. The molecular formula is C61H102N18O24. The lowest BCUT2D eigenvalue weighted by Gasteiger charge is -2.31. The van der Waals surface area contributed by atoms with E-state index in [0.29, 0.717) is 13.0 Å². The van der Waals surface area contributed by atoms with Crippen LogP contribution < -0.4 is 81.0 Å². The number of hydrogen-bond donors (Lipinski definition) is 23. The van der Waals surface area contributed by atoms with Gasteiger partial charge in [-0.25, -0.2) is 4.79 Å². The van der Waals surface area contributed by atoms with Gasteiger partial charge in [0.05, 0.1) is 38.6 Å². The van der Waals surface area contributed by atoms with E-state index in [2.05, 4.69) is 63.5 Å². The molecule has 3 aliphatic heterocycles. The number of aliphatic hydroxyl groups is 5. The van der Waals surface area contributed by atoms with Crippen molar-refractivity contribution in [1.29, 1.82) is 0 Å². The van der Waals surface area contributed by atoms with E-state index >= 15 is 0 Å². The lowest BCUT2D eigenvalue weighted by Crippen LogP contribution is -2.62. The molecule has 3 saturated heterocycles. The Balaban J connectivity index is 1.83. The minimum atomic E-state index is -1.90. The van der Waals surface area contributed by atoms with Gasteiger partial charge in [-0.3, -0.25) is 76.9 Å². The molecule has 42 nitrogen and oxygen atoms in total. The van der Waals surface area contributed by atoms with Crippen LogP contribution in [0.2, 0.25) is 0 Å². The molecule has 3 aliphatic rings. The molecule has 3 fully saturated rings. The van der Waals surface area contributed by atoms with Gasteiger partial charge in [0.2, 0.25) is 76.8 Å². The zero-order chi connectivity index (χ0) is 77.4. The van der Waals surface area contributed by atoms with Crippen LogP contribution in [-0.2, 0) is 76.7 Å². The molecule has 0 radical (unpaired) electrons. The van der Waals surface area contributed by atoms with Crippen LogP contribution in [-0.4, -0.2) is 301 Å². The van der Waals surface area contributed by atoms with Crippen LogP contribution in [0.1, 0.15) is 124 Å². The number of aliphatic imine (C=N–C) groups is 1. The van der Waals surface area contributed by atoms with Crippen molar-refractivity contribution in [3.63, 3.8) is 0 Å². The molecule has 42 heteroatoms. The number of hydrogen-bond acceptors (Lipinski definition) is 24. The highest BCUT2D eigenvalue weighted by Crippen LogP contribution is 2.22. The molecule has 0 spiro atoms. The first kappa shape index (κ1) is 87.7. The van der Waals surface area contributed by atoms with Crippen LogP contribution in [0.4, 0.5) is 0 Å². The third-order valence-corrected chi connectivity index (χ3v) is 17.0. The molecule has 0 aromatic carbocycles. The van der Waals surface area contributed by atoms with Crippen LogP contribution in [0, 0.1) is 5.92 Å². The van der Waals surface area contributed by atoms with Crippen LogP contribution in [0.5, 0.6) is 0 Å². The number of likely N-dealkylation sites (tertiary alicyclic amines) is 2. The number of nitrogens with zero attached hydrogens (tertiary/aromatic N) is 3. The summed E-state index contributed by atoms with van der Waals surface area (Å²) in [5.74, 6) is -18.7. The number of carboxylic acid groups (broad SMARTS) is 3. The molecular weight excluding hydrogens is 1370 g/mol. The fraction of sp³-hybridized carbons (Fsp3) is 0.721. The summed E-state index contributed by atoms with van der Waals surface area (Å²) in [6, 6.07) is -21.8. The van der Waals surface area contributed by atoms with Crippen molar-refractivity contribution in [3.8, 4) is 0 Å². The second kappa shape index (κ2) is 44.1. The maximum Gasteiger partial charge on any atom is 0.328 e. The number of aliphatic carboxylic acids is 3. The predicted octanol–water partition coefficient (Wildman–Crippen LogP) is -10.9. The summed E-state index contributed by atoms with van der Waals surface area (Å²) in [6.45, 7) is 1.78. The Hall–Kier alpha value is -9.49. The van der Waals surface area contributed by atoms with Crippen molar-refractivity contribution >= 4 is 101 Å². The van der Waals surface area contributed by atoms with Crippen molar-refractivity contribution in [3.05, 3.63) is 0 Å². The van der Waals surface area contributed by atoms with Crippen LogP contribution in [0.25, 0.3) is 0 Å². The lowest BCUT2D eigenvalue weighted by atomic mass is 10.0. The number of rotatable bonds is 45. The van der Waals surface area contributed by atoms with Gasteiger partial charge in [-0.05, 0) is 116 Å². The number of carbonyl (C=O) groups is 16. The summed E-state index contributed by atoms with van der Waals surface area (Å²) in [5.41, 5.74) is 16.7. The highest BCUT2D eigenvalue weighted by Gasteiger charge is 2.43. The van der Waals surface area contributed by atoms with E-state index in [4.69, 9.17) is 22.3 Å². The van der Waals surface area contributed by atoms with Crippen LogP contribution >= 0.6 is 0 Å². The molecule has 0 aliphatic carbocycles. The summed E-state index contributed by atoms with van der Waals surface area (Å²) >= 11 is 0. The van der Waals surface area contributed by atoms with E-state index in [1.165, 1.54) is 6.92 Å². The van der Waals surface area contributed by atoms with Gasteiger partial charge < -0.3 is 132 Å². The van der Waals surface area contributed by atoms with Gasteiger partial charge in [-0.1, -0.05) is 13.8 Å². The smallest absolute Gasteiger partial charge is 0.328 e. The van der Waals surface area contributed by atoms with Gasteiger partial charge in [0.15, 0.2) is 5.96 Å². The lowest BCUT2D eigenvalue weighted by molar-refractivity contribution is -0.144. The third kappa shape index (κ3) is 28.3. The Morgan fingerprint density at radius 1 is 0.456 bits per heavy atom. The van der Waals surface area contributed by atoms with E-state index in [1.54, 1.807) is 13.8 Å². The molecule has 580 valence electrons. The minimum Gasteiger partial charge on any atom is -0.481 e. The number of carboxylic acids is 3. The normalized spacial score (nSPS) is 19.1. The molecule has 13 amide bonds. The second-order valence-electron chi connectivity index (χ2n) is 25.4. The largest absolute Gasteiger partial charge is 0.481 e. The summed E-state index contributed by atoms with van der Waals surface area (Å²) < 4.78 is 0. The molecule has 0 unspecified atom stereocenters. The predicted molar refractivity (Wildman–Crippen MR) is 356 cm³/mol. The highest BCUT2D eigenvalue weighted by molar-refractivity contribution is 6.00. The number of carbonyl (C=O) groups excluding carboxylic acids is 13. The van der Waals surface area contributed by atoms with Crippen molar-refractivity contribution in [1.82, 2.24) is 73.6 Å². The van der Waals surface area contributed by atoms with E-state index in [0.717, 1.165) is 23.1 Å². The Morgan fingerprint density at radius 2 is 0.864 bits per heavy atom. The van der Waals surface area contributed by atoms with Crippen LogP contribution in [0.15, 0.2) is 4.99 Å². The number of unbranched alkanes of at least 4 members (excludes halogenated alkanes) is 1. The molecule has 3 heterocycles. The van der Waals surface area contributed by atoms with Gasteiger partial charge in [-0.2, -0.15) is 0 Å². The third-order valence-electron chi connectivity index (χ3n) is 17.0. The first-order valence-corrected chi connectivity index (χ1v) is 33.9. The molecule has 0 bridgehead atoms. The Kier molecular flexibility index (Phi) is 37.6. The van der Waals surface area contributed by atoms with E-state index in [1.807, 2.05) is 5.32 Å². The average Bonchev–Trinajstić information content (AvgIpc) is 1.81. The van der Waals surface area contributed by atoms with Crippen molar-refractivity contribution in [2.24, 2.45) is 28.1 Å². The van der Waals surface area contributed by atoms with Gasteiger partial charge >= 0.3 is 17.9 Å². The Labute approximate surface area is 592 Å². The monoisotopic (exact) mass is 1470 g/mol. The average molecular weight is 1470 g/mol. The summed E-state index contributed by atoms with van der Waals surface area (Å²) in [7, 11) is 0. The Bertz CT molecular complexity index is 3010.